The first kappa shape index (κ1) is 13.9. The Morgan fingerprint density at radius 2 is 2.10 bits per heavy atom. The molecule has 1 aliphatic rings. The number of nitro groups is 1. The number of hydrogen-bond acceptors (Lipinski definition) is 4. The summed E-state index contributed by atoms with van der Waals surface area (Å²) in [6.07, 6.45) is 0. The molecule has 108 valence electrons. The van der Waals surface area contributed by atoms with E-state index in [0.717, 1.165) is 11.3 Å². The Kier molecular flexibility index (Phi) is 3.79. The fourth-order valence-electron chi connectivity index (χ4n) is 2.34. The number of halogens is 1. The molecular formula is C15H12FNO3S. The lowest BCUT2D eigenvalue weighted by Crippen LogP contribution is -2.11. The van der Waals surface area contributed by atoms with E-state index in [1.807, 2.05) is 24.3 Å². The van der Waals surface area contributed by atoms with Crippen LogP contribution in [0.2, 0.25) is 0 Å². The highest BCUT2D eigenvalue weighted by Crippen LogP contribution is 2.40. The number of ether oxygens (including phenoxy) is 1. The minimum Gasteiger partial charge on any atom is -0.484 e. The molecule has 4 nitrogen and oxygen atoms in total. The second-order valence-corrected chi connectivity index (χ2v) is 5.76. The van der Waals surface area contributed by atoms with E-state index in [4.69, 9.17) is 4.74 Å². The fraction of sp³-hybridized carbons (Fsp3) is 0.200. The Balaban J connectivity index is 1.79. The zero-order chi connectivity index (χ0) is 14.8. The van der Waals surface area contributed by atoms with Gasteiger partial charge in [0.15, 0.2) is 5.82 Å². The highest BCUT2D eigenvalue weighted by Gasteiger charge is 2.26. The molecular weight excluding hydrogens is 293 g/mol. The van der Waals surface area contributed by atoms with Crippen LogP contribution < -0.4 is 4.74 Å². The summed E-state index contributed by atoms with van der Waals surface area (Å²) in [5, 5.41) is 10.9. The molecule has 0 fully saturated rings. The van der Waals surface area contributed by atoms with Gasteiger partial charge < -0.3 is 4.74 Å². The first-order chi connectivity index (χ1) is 10.2. The third kappa shape index (κ3) is 2.71. The average molecular weight is 305 g/mol. The van der Waals surface area contributed by atoms with Gasteiger partial charge in [0.05, 0.1) is 11.5 Å². The number of fused-ring (bicyclic) bond motifs is 1. The number of nitro benzene ring substituents is 1. The van der Waals surface area contributed by atoms with Crippen LogP contribution in [0.4, 0.5) is 10.1 Å². The maximum Gasteiger partial charge on any atom is 0.314 e. The van der Waals surface area contributed by atoms with Gasteiger partial charge in [0.25, 0.3) is 0 Å². The lowest BCUT2D eigenvalue weighted by atomic mass is 10.0. The van der Waals surface area contributed by atoms with Crippen molar-refractivity contribution >= 4 is 17.4 Å². The number of benzene rings is 2. The first-order valence-electron chi connectivity index (χ1n) is 6.44. The second-order valence-electron chi connectivity index (χ2n) is 4.70. The minimum atomic E-state index is -0.705. The molecule has 1 aliphatic heterocycles. The van der Waals surface area contributed by atoms with Crippen LogP contribution in [0, 0.1) is 15.9 Å². The summed E-state index contributed by atoms with van der Waals surface area (Å²) < 4.78 is 19.2. The summed E-state index contributed by atoms with van der Waals surface area (Å²) in [5.74, 6) is -0.0351. The molecule has 0 saturated heterocycles. The number of nitrogens with zero attached hydrogens (tertiary/aromatic N) is 1. The molecule has 21 heavy (non-hydrogen) atoms. The van der Waals surface area contributed by atoms with Crippen molar-refractivity contribution < 1.29 is 14.1 Å². The molecule has 0 aliphatic carbocycles. The van der Waals surface area contributed by atoms with E-state index in [-0.39, 0.29) is 24.0 Å². The molecule has 0 bridgehead atoms. The van der Waals surface area contributed by atoms with Gasteiger partial charge in [0.2, 0.25) is 5.75 Å². The van der Waals surface area contributed by atoms with Crippen LogP contribution in [0.5, 0.6) is 5.75 Å². The van der Waals surface area contributed by atoms with Crippen LogP contribution in [-0.4, -0.2) is 17.3 Å². The van der Waals surface area contributed by atoms with Gasteiger partial charge in [-0.25, -0.2) is 4.39 Å². The van der Waals surface area contributed by atoms with E-state index in [9.17, 15) is 14.5 Å². The molecule has 0 radical (unpaired) electrons. The van der Waals surface area contributed by atoms with Gasteiger partial charge in [0.1, 0.15) is 0 Å². The van der Waals surface area contributed by atoms with Crippen molar-refractivity contribution in [3.63, 3.8) is 0 Å². The summed E-state index contributed by atoms with van der Waals surface area (Å²) in [7, 11) is 0. The van der Waals surface area contributed by atoms with E-state index >= 15 is 0 Å². The lowest BCUT2D eigenvalue weighted by molar-refractivity contribution is -0.386. The van der Waals surface area contributed by atoms with Crippen molar-refractivity contribution in [3.05, 3.63) is 64.0 Å². The van der Waals surface area contributed by atoms with E-state index in [1.54, 1.807) is 11.8 Å². The van der Waals surface area contributed by atoms with Gasteiger partial charge in [-0.2, -0.15) is 0 Å². The second kappa shape index (κ2) is 5.73. The quantitative estimate of drug-likeness (QED) is 0.633. The molecule has 2 aromatic carbocycles. The van der Waals surface area contributed by atoms with Crippen molar-refractivity contribution in [2.75, 3.05) is 12.4 Å². The van der Waals surface area contributed by atoms with Gasteiger partial charge in [-0.3, -0.25) is 10.1 Å². The van der Waals surface area contributed by atoms with Gasteiger partial charge in [-0.15, -0.1) is 11.8 Å². The van der Waals surface area contributed by atoms with Crippen LogP contribution >= 0.6 is 11.8 Å². The van der Waals surface area contributed by atoms with Crippen LogP contribution in [0.1, 0.15) is 11.5 Å². The van der Waals surface area contributed by atoms with Crippen LogP contribution in [0.25, 0.3) is 0 Å². The molecule has 0 N–H and O–H groups in total. The molecule has 1 heterocycles. The number of thioether (sulfide) groups is 1. The summed E-state index contributed by atoms with van der Waals surface area (Å²) in [4.78, 5) is 11.5. The Hall–Kier alpha value is -2.08. The number of hydrogen-bond donors (Lipinski definition) is 0. The van der Waals surface area contributed by atoms with E-state index < -0.39 is 10.7 Å². The van der Waals surface area contributed by atoms with Crippen molar-refractivity contribution in [1.82, 2.24) is 0 Å². The fourth-order valence-corrected chi connectivity index (χ4v) is 3.57. The summed E-state index contributed by atoms with van der Waals surface area (Å²) in [5.41, 5.74) is 0.815. The summed E-state index contributed by atoms with van der Waals surface area (Å²) in [6.45, 7) is 0.228. The van der Waals surface area contributed by atoms with E-state index in [2.05, 4.69) is 0 Å². The molecule has 1 unspecified atom stereocenters. The van der Waals surface area contributed by atoms with Crippen LogP contribution in [0.3, 0.4) is 0 Å². The number of rotatable bonds is 4. The molecule has 0 spiro atoms. The highest BCUT2D eigenvalue weighted by atomic mass is 32.2. The monoisotopic (exact) mass is 305 g/mol. The van der Waals surface area contributed by atoms with Crippen LogP contribution in [0.15, 0.2) is 47.4 Å². The summed E-state index contributed by atoms with van der Waals surface area (Å²) in [6, 6.07) is 11.7. The summed E-state index contributed by atoms with van der Waals surface area (Å²) >= 11 is 1.72. The third-order valence-electron chi connectivity index (χ3n) is 3.37. The maximum absolute atomic E-state index is 13.7. The lowest BCUT2D eigenvalue weighted by Gasteiger charge is -2.13. The van der Waals surface area contributed by atoms with Gasteiger partial charge in [-0.1, -0.05) is 24.3 Å². The zero-order valence-corrected chi connectivity index (χ0v) is 11.8. The van der Waals surface area contributed by atoms with E-state index in [0.29, 0.717) is 0 Å². The Labute approximate surface area is 125 Å². The Bertz CT molecular complexity index is 692. The van der Waals surface area contributed by atoms with Crippen molar-refractivity contribution in [2.24, 2.45) is 0 Å². The molecule has 3 rings (SSSR count). The Morgan fingerprint density at radius 1 is 1.29 bits per heavy atom. The topological polar surface area (TPSA) is 52.4 Å². The predicted molar refractivity (Wildman–Crippen MR) is 78.5 cm³/mol. The van der Waals surface area contributed by atoms with Gasteiger partial charge in [0, 0.05) is 22.6 Å². The molecule has 6 heteroatoms. The standard InChI is InChI=1S/C15H12FNO3S/c16-12-5-3-6-13(17(18)19)15(12)20-8-10-9-21-14-7-2-1-4-11(10)14/h1-7,10H,8-9H2. The first-order valence-corrected chi connectivity index (χ1v) is 7.43. The SMILES string of the molecule is O=[N+]([O-])c1cccc(F)c1OCC1CSc2ccccc21. The minimum absolute atomic E-state index is 0.116. The number of para-hydroxylation sites is 1. The van der Waals surface area contributed by atoms with Crippen molar-refractivity contribution in [2.45, 2.75) is 10.8 Å². The molecule has 0 amide bonds. The van der Waals surface area contributed by atoms with Gasteiger partial charge >= 0.3 is 5.69 Å². The average Bonchev–Trinajstić information content (AvgIpc) is 2.89. The smallest absolute Gasteiger partial charge is 0.314 e. The maximum atomic E-state index is 13.7. The molecule has 0 aromatic heterocycles. The highest BCUT2D eigenvalue weighted by molar-refractivity contribution is 7.99. The third-order valence-corrected chi connectivity index (χ3v) is 4.62. The molecule has 2 aromatic rings. The van der Waals surface area contributed by atoms with Crippen molar-refractivity contribution in [3.8, 4) is 5.75 Å². The molecule has 0 saturated carbocycles. The largest absolute Gasteiger partial charge is 0.484 e. The predicted octanol–water partition coefficient (Wildman–Crippen LogP) is 4.00. The zero-order valence-electron chi connectivity index (χ0n) is 11.0. The van der Waals surface area contributed by atoms with Gasteiger partial charge in [-0.05, 0) is 17.7 Å². The Morgan fingerprint density at radius 3 is 2.90 bits per heavy atom. The van der Waals surface area contributed by atoms with E-state index in [1.165, 1.54) is 23.1 Å². The molecule has 1 atom stereocenters. The van der Waals surface area contributed by atoms with Crippen LogP contribution in [-0.2, 0) is 0 Å². The normalized spacial score (nSPS) is 16.5. The van der Waals surface area contributed by atoms with Crippen molar-refractivity contribution in [1.29, 1.82) is 0 Å².